The number of hydrogen-bond donors (Lipinski definition) is 1. The van der Waals surface area contributed by atoms with Gasteiger partial charge in [0.2, 0.25) is 10.0 Å². The van der Waals surface area contributed by atoms with E-state index in [-0.39, 0.29) is 11.3 Å². The minimum absolute atomic E-state index is 0.0733. The molecule has 0 bridgehead atoms. The minimum Gasteiger partial charge on any atom is -0.330 e. The average molecular weight is 232 g/mol. The molecule has 5 heteroatoms. The molecule has 0 atom stereocenters. The molecule has 2 saturated carbocycles. The van der Waals surface area contributed by atoms with Crippen LogP contribution in [0.3, 0.4) is 0 Å². The summed E-state index contributed by atoms with van der Waals surface area (Å²) >= 11 is 0. The van der Waals surface area contributed by atoms with Gasteiger partial charge in [-0.25, -0.2) is 8.42 Å². The van der Waals surface area contributed by atoms with Crippen molar-refractivity contribution in [2.75, 3.05) is 13.1 Å². The smallest absolute Gasteiger partial charge is 0.217 e. The summed E-state index contributed by atoms with van der Waals surface area (Å²) in [5.41, 5.74) is 5.45. The molecule has 0 amide bonds. The fourth-order valence-corrected chi connectivity index (χ4v) is 4.12. The summed E-state index contributed by atoms with van der Waals surface area (Å²) < 4.78 is 26.0. The van der Waals surface area contributed by atoms with Crippen LogP contribution in [0.15, 0.2) is 0 Å². The van der Waals surface area contributed by atoms with E-state index < -0.39 is 10.0 Å². The first-order chi connectivity index (χ1) is 7.16. The van der Waals surface area contributed by atoms with Gasteiger partial charge in [0.25, 0.3) is 0 Å². The van der Waals surface area contributed by atoms with Gasteiger partial charge < -0.3 is 5.73 Å². The Hall–Kier alpha value is -0.130. The zero-order chi connectivity index (χ0) is 10.9. The van der Waals surface area contributed by atoms with Crippen LogP contribution in [-0.2, 0) is 10.0 Å². The Bertz CT molecular complexity index is 307. The summed E-state index contributed by atoms with van der Waals surface area (Å²) in [6.45, 7) is 1.20. The lowest BCUT2D eigenvalue weighted by atomic mass is 9.93. The molecule has 2 rings (SSSR count). The summed E-state index contributed by atoms with van der Waals surface area (Å²) in [7, 11) is -2.98. The highest BCUT2D eigenvalue weighted by Gasteiger charge is 2.43. The van der Waals surface area contributed by atoms with Crippen LogP contribution in [0.5, 0.6) is 0 Å². The topological polar surface area (TPSA) is 63.4 Å². The number of nitrogens with zero attached hydrogens (tertiary/aromatic N) is 1. The van der Waals surface area contributed by atoms with Crippen molar-refractivity contribution in [1.82, 2.24) is 4.31 Å². The lowest BCUT2D eigenvalue weighted by molar-refractivity contribution is 0.218. The van der Waals surface area contributed by atoms with Crippen LogP contribution in [0.1, 0.15) is 38.5 Å². The Morgan fingerprint density at radius 2 is 1.87 bits per heavy atom. The van der Waals surface area contributed by atoms with Crippen LogP contribution >= 0.6 is 0 Å². The molecule has 0 heterocycles. The molecule has 0 aromatic heterocycles. The monoisotopic (exact) mass is 232 g/mol. The van der Waals surface area contributed by atoms with E-state index in [2.05, 4.69) is 0 Å². The summed E-state index contributed by atoms with van der Waals surface area (Å²) in [5.74, 6) is 0. The molecule has 4 nitrogen and oxygen atoms in total. The molecule has 88 valence electrons. The van der Waals surface area contributed by atoms with Crippen LogP contribution in [0.4, 0.5) is 0 Å². The second kappa shape index (κ2) is 4.39. The number of rotatable bonds is 6. The van der Waals surface area contributed by atoms with Gasteiger partial charge in [-0.2, -0.15) is 4.31 Å². The average Bonchev–Trinajstić information content (AvgIpc) is 2.91. The van der Waals surface area contributed by atoms with Crippen molar-refractivity contribution in [2.24, 2.45) is 5.73 Å². The quantitative estimate of drug-likeness (QED) is 0.732. The van der Waals surface area contributed by atoms with E-state index in [0.29, 0.717) is 13.1 Å². The Balaban J connectivity index is 2.02. The van der Waals surface area contributed by atoms with E-state index >= 15 is 0 Å². The van der Waals surface area contributed by atoms with E-state index in [0.717, 1.165) is 32.1 Å². The minimum atomic E-state index is -2.98. The first-order valence-corrected chi connectivity index (χ1v) is 7.37. The zero-order valence-electron chi connectivity index (χ0n) is 9.06. The van der Waals surface area contributed by atoms with E-state index in [4.69, 9.17) is 5.73 Å². The maximum absolute atomic E-state index is 12.1. The lowest BCUT2D eigenvalue weighted by Crippen LogP contribution is -2.46. The first-order valence-electron chi connectivity index (χ1n) is 5.87. The molecular formula is C10H20N2O2S. The molecule has 2 fully saturated rings. The van der Waals surface area contributed by atoms with Crippen molar-refractivity contribution in [3.05, 3.63) is 0 Å². The molecule has 0 unspecified atom stereocenters. The maximum Gasteiger partial charge on any atom is 0.217 e. The predicted octanol–water partition coefficient (Wildman–Crippen LogP) is 0.682. The molecule has 0 spiro atoms. The van der Waals surface area contributed by atoms with Crippen LogP contribution in [0, 0.1) is 0 Å². The van der Waals surface area contributed by atoms with Gasteiger partial charge in [0.05, 0.1) is 5.25 Å². The standard InChI is InChI=1S/C10H20N2O2S/c11-7-2-8-12(9-3-1-4-9)15(13,14)10-5-6-10/h9-10H,1-8,11H2. The van der Waals surface area contributed by atoms with Gasteiger partial charge in [-0.05, 0) is 38.6 Å². The van der Waals surface area contributed by atoms with Crippen LogP contribution in [0.2, 0.25) is 0 Å². The Kier molecular flexibility index (Phi) is 3.33. The van der Waals surface area contributed by atoms with Gasteiger partial charge in [-0.15, -0.1) is 0 Å². The van der Waals surface area contributed by atoms with Crippen LogP contribution < -0.4 is 5.73 Å². The van der Waals surface area contributed by atoms with E-state index in [1.807, 2.05) is 0 Å². The Morgan fingerprint density at radius 1 is 1.20 bits per heavy atom. The third-order valence-corrected chi connectivity index (χ3v) is 5.79. The normalized spacial score (nSPS) is 23.1. The van der Waals surface area contributed by atoms with Crippen LogP contribution in [-0.4, -0.2) is 37.1 Å². The second-order valence-corrected chi connectivity index (χ2v) is 6.75. The van der Waals surface area contributed by atoms with Gasteiger partial charge in [0, 0.05) is 12.6 Å². The maximum atomic E-state index is 12.1. The number of sulfonamides is 1. The van der Waals surface area contributed by atoms with Crippen LogP contribution in [0.25, 0.3) is 0 Å². The van der Waals surface area contributed by atoms with Crippen molar-refractivity contribution in [3.63, 3.8) is 0 Å². The third-order valence-electron chi connectivity index (χ3n) is 3.34. The SMILES string of the molecule is NCCCN(C1CCC1)S(=O)(=O)C1CC1. The van der Waals surface area contributed by atoms with Crippen molar-refractivity contribution in [2.45, 2.75) is 49.8 Å². The second-order valence-electron chi connectivity index (χ2n) is 4.58. The lowest BCUT2D eigenvalue weighted by Gasteiger charge is -2.36. The van der Waals surface area contributed by atoms with E-state index in [1.54, 1.807) is 4.31 Å². The van der Waals surface area contributed by atoms with Gasteiger partial charge >= 0.3 is 0 Å². The molecular weight excluding hydrogens is 212 g/mol. The molecule has 0 aromatic carbocycles. The van der Waals surface area contributed by atoms with Crippen molar-refractivity contribution in [3.8, 4) is 0 Å². The van der Waals surface area contributed by atoms with E-state index in [1.165, 1.54) is 6.42 Å². The highest BCUT2D eigenvalue weighted by molar-refractivity contribution is 7.90. The molecule has 0 radical (unpaired) electrons. The first kappa shape index (κ1) is 11.4. The Labute approximate surface area is 91.9 Å². The third kappa shape index (κ3) is 2.34. The van der Waals surface area contributed by atoms with Gasteiger partial charge in [0.1, 0.15) is 0 Å². The number of hydrogen-bond acceptors (Lipinski definition) is 3. The summed E-state index contributed by atoms with van der Waals surface area (Å²) in [6, 6.07) is 0.280. The number of nitrogens with two attached hydrogens (primary N) is 1. The molecule has 2 aliphatic carbocycles. The zero-order valence-corrected chi connectivity index (χ0v) is 9.88. The summed E-state index contributed by atoms with van der Waals surface area (Å²) in [6.07, 6.45) is 5.74. The Morgan fingerprint density at radius 3 is 2.27 bits per heavy atom. The fourth-order valence-electron chi connectivity index (χ4n) is 2.00. The molecule has 0 aromatic rings. The van der Waals surface area contributed by atoms with Crippen molar-refractivity contribution < 1.29 is 8.42 Å². The molecule has 0 saturated heterocycles. The van der Waals surface area contributed by atoms with Crippen molar-refractivity contribution >= 4 is 10.0 Å². The molecule has 2 aliphatic rings. The van der Waals surface area contributed by atoms with Gasteiger partial charge in [-0.1, -0.05) is 6.42 Å². The summed E-state index contributed by atoms with van der Waals surface area (Å²) in [5, 5.41) is -0.0733. The highest BCUT2D eigenvalue weighted by Crippen LogP contribution is 2.36. The molecule has 15 heavy (non-hydrogen) atoms. The van der Waals surface area contributed by atoms with E-state index in [9.17, 15) is 8.42 Å². The fraction of sp³-hybridized carbons (Fsp3) is 1.00. The predicted molar refractivity (Wildman–Crippen MR) is 60.0 cm³/mol. The molecule has 0 aliphatic heterocycles. The molecule has 2 N–H and O–H groups in total. The highest BCUT2D eigenvalue weighted by atomic mass is 32.2. The van der Waals surface area contributed by atoms with Crippen molar-refractivity contribution in [1.29, 1.82) is 0 Å². The summed E-state index contributed by atoms with van der Waals surface area (Å²) in [4.78, 5) is 0. The van der Waals surface area contributed by atoms with Gasteiger partial charge in [0.15, 0.2) is 0 Å². The van der Waals surface area contributed by atoms with Gasteiger partial charge in [-0.3, -0.25) is 0 Å². The largest absolute Gasteiger partial charge is 0.330 e.